The maximum atomic E-state index is 14.3. The minimum Gasteiger partial charge on any atom is -0.497 e. The molecule has 35 heavy (non-hydrogen) atoms. The molecule has 0 N–H and O–H groups in total. The monoisotopic (exact) mass is 464 g/mol. The Morgan fingerprint density at radius 3 is 1.60 bits per heavy atom. The maximum absolute atomic E-state index is 14.3. The zero-order valence-electron chi connectivity index (χ0n) is 20.1. The summed E-state index contributed by atoms with van der Waals surface area (Å²) in [4.78, 5) is 18.1. The van der Waals surface area contributed by atoms with Crippen LogP contribution >= 0.6 is 0 Å². The molecular weight excluding hydrogens is 436 g/mol. The predicted molar refractivity (Wildman–Crippen MR) is 139 cm³/mol. The smallest absolute Gasteiger partial charge is 0.330 e. The number of ether oxygens (including phenoxy) is 2. The van der Waals surface area contributed by atoms with Gasteiger partial charge in [-0.25, -0.2) is 4.79 Å². The summed E-state index contributed by atoms with van der Waals surface area (Å²) in [5, 5.41) is 0. The Kier molecular flexibility index (Phi) is 6.15. The Bertz CT molecular complexity index is 1300. The standard InChI is InChI=1S/C30H28N2O3/c1-21-9-7-8-12-27(21)29-28(22-10-5-4-6-11-22)31(23-13-17-25(34-2)18-14-23)30(33)32(29)24-15-19-26(35-3)20-16-24/h4-20,28-29H,1-3H3/t28-,29+/m1/s1. The van der Waals surface area contributed by atoms with Crippen LogP contribution in [-0.4, -0.2) is 20.3 Å². The fourth-order valence-electron chi connectivity index (χ4n) is 4.87. The fourth-order valence-corrected chi connectivity index (χ4v) is 4.87. The van der Waals surface area contributed by atoms with Gasteiger partial charge in [0.05, 0.1) is 26.3 Å². The minimum absolute atomic E-state index is 0.0811. The summed E-state index contributed by atoms with van der Waals surface area (Å²) in [6, 6.07) is 33.3. The summed E-state index contributed by atoms with van der Waals surface area (Å²) in [6.07, 6.45) is 0. The molecule has 2 atom stereocenters. The van der Waals surface area contributed by atoms with Crippen LogP contribution in [0.5, 0.6) is 11.5 Å². The van der Waals surface area contributed by atoms with Crippen LogP contribution in [0.2, 0.25) is 0 Å². The van der Waals surface area contributed by atoms with Gasteiger partial charge in [0.1, 0.15) is 11.5 Å². The van der Waals surface area contributed by atoms with Crippen molar-refractivity contribution in [3.63, 3.8) is 0 Å². The van der Waals surface area contributed by atoms with Crippen molar-refractivity contribution >= 4 is 17.4 Å². The first-order valence-corrected chi connectivity index (χ1v) is 11.6. The van der Waals surface area contributed by atoms with Gasteiger partial charge in [0, 0.05) is 11.4 Å². The summed E-state index contributed by atoms with van der Waals surface area (Å²) in [5.74, 6) is 1.50. The first-order valence-electron chi connectivity index (χ1n) is 11.6. The SMILES string of the molecule is COc1ccc(N2C(=O)N(c3ccc(OC)cc3)[C@@H](c3ccccc3C)[C@H]2c2ccccc2)cc1. The van der Waals surface area contributed by atoms with E-state index in [2.05, 4.69) is 31.2 Å². The van der Waals surface area contributed by atoms with Crippen LogP contribution in [0.4, 0.5) is 16.2 Å². The molecule has 4 aromatic rings. The molecule has 1 aliphatic heterocycles. The number of amides is 2. The van der Waals surface area contributed by atoms with E-state index < -0.39 is 0 Å². The van der Waals surface area contributed by atoms with Crippen molar-refractivity contribution in [3.8, 4) is 11.5 Å². The van der Waals surface area contributed by atoms with Crippen LogP contribution in [-0.2, 0) is 0 Å². The number of methoxy groups -OCH3 is 2. The van der Waals surface area contributed by atoms with Crippen molar-refractivity contribution < 1.29 is 14.3 Å². The molecule has 2 amide bonds. The van der Waals surface area contributed by atoms with Crippen LogP contribution in [0, 0.1) is 6.92 Å². The number of carbonyl (C=O) groups is 1. The van der Waals surface area contributed by atoms with Crippen molar-refractivity contribution in [1.82, 2.24) is 0 Å². The Morgan fingerprint density at radius 2 is 1.09 bits per heavy atom. The Morgan fingerprint density at radius 1 is 0.600 bits per heavy atom. The summed E-state index contributed by atoms with van der Waals surface area (Å²) < 4.78 is 10.7. The molecule has 0 unspecified atom stereocenters. The van der Waals surface area contributed by atoms with Gasteiger partial charge < -0.3 is 9.47 Å². The maximum Gasteiger partial charge on any atom is 0.330 e. The van der Waals surface area contributed by atoms with E-state index >= 15 is 0 Å². The molecule has 1 saturated heterocycles. The van der Waals surface area contributed by atoms with Crippen molar-refractivity contribution in [2.24, 2.45) is 0 Å². The van der Waals surface area contributed by atoms with Crippen LogP contribution < -0.4 is 19.3 Å². The van der Waals surface area contributed by atoms with Crippen LogP contribution in [0.15, 0.2) is 103 Å². The average Bonchev–Trinajstić information content (AvgIpc) is 3.22. The molecule has 0 bridgehead atoms. The van der Waals surface area contributed by atoms with Gasteiger partial charge in [-0.2, -0.15) is 0 Å². The molecule has 1 fully saturated rings. The van der Waals surface area contributed by atoms with E-state index in [1.165, 1.54) is 0 Å². The molecule has 4 aromatic carbocycles. The molecule has 5 nitrogen and oxygen atoms in total. The summed E-state index contributed by atoms with van der Waals surface area (Å²) in [6.45, 7) is 2.10. The van der Waals surface area contributed by atoms with E-state index in [1.54, 1.807) is 14.2 Å². The number of anilines is 2. The first kappa shape index (κ1) is 22.5. The lowest BCUT2D eigenvalue weighted by Crippen LogP contribution is -2.32. The van der Waals surface area contributed by atoms with Gasteiger partial charge in [0.25, 0.3) is 0 Å². The zero-order chi connectivity index (χ0) is 24.4. The zero-order valence-corrected chi connectivity index (χ0v) is 20.1. The molecule has 0 aromatic heterocycles. The second kappa shape index (κ2) is 9.55. The summed E-state index contributed by atoms with van der Waals surface area (Å²) in [7, 11) is 3.28. The molecule has 1 heterocycles. The van der Waals surface area contributed by atoms with Crippen molar-refractivity contribution in [3.05, 3.63) is 120 Å². The lowest BCUT2D eigenvalue weighted by Gasteiger charge is -2.30. The van der Waals surface area contributed by atoms with Gasteiger partial charge in [-0.15, -0.1) is 0 Å². The van der Waals surface area contributed by atoms with Crippen molar-refractivity contribution in [2.45, 2.75) is 19.0 Å². The number of hydrogen-bond donors (Lipinski definition) is 0. The van der Waals surface area contributed by atoms with E-state index in [-0.39, 0.29) is 18.1 Å². The number of carbonyl (C=O) groups excluding carboxylic acids is 1. The molecule has 5 rings (SSSR count). The second-order valence-corrected chi connectivity index (χ2v) is 8.58. The van der Waals surface area contributed by atoms with E-state index in [1.807, 2.05) is 88.7 Å². The molecule has 0 saturated carbocycles. The molecule has 0 spiro atoms. The third-order valence-electron chi connectivity index (χ3n) is 6.62. The normalized spacial score (nSPS) is 17.5. The first-order chi connectivity index (χ1) is 17.1. The summed E-state index contributed by atoms with van der Waals surface area (Å²) in [5.41, 5.74) is 4.96. The van der Waals surface area contributed by atoms with E-state index in [4.69, 9.17) is 9.47 Å². The van der Waals surface area contributed by atoms with Gasteiger partial charge in [-0.1, -0.05) is 54.6 Å². The number of nitrogens with zero attached hydrogens (tertiary/aromatic N) is 2. The Labute approximate surface area is 206 Å². The fraction of sp³-hybridized carbons (Fsp3) is 0.167. The van der Waals surface area contributed by atoms with Crippen LogP contribution in [0.25, 0.3) is 0 Å². The second-order valence-electron chi connectivity index (χ2n) is 8.58. The number of benzene rings is 4. The van der Waals surface area contributed by atoms with E-state index in [0.29, 0.717) is 0 Å². The highest BCUT2D eigenvalue weighted by Crippen LogP contribution is 2.49. The summed E-state index contributed by atoms with van der Waals surface area (Å²) >= 11 is 0. The highest BCUT2D eigenvalue weighted by Gasteiger charge is 2.49. The third-order valence-corrected chi connectivity index (χ3v) is 6.62. The molecule has 176 valence electrons. The lowest BCUT2D eigenvalue weighted by molar-refractivity contribution is 0.255. The number of hydrogen-bond acceptors (Lipinski definition) is 3. The van der Waals surface area contributed by atoms with Gasteiger partial charge in [0.2, 0.25) is 0 Å². The Balaban J connectivity index is 1.73. The van der Waals surface area contributed by atoms with Crippen molar-refractivity contribution in [2.75, 3.05) is 24.0 Å². The quantitative estimate of drug-likeness (QED) is 0.310. The molecule has 0 radical (unpaired) electrons. The number of aryl methyl sites for hydroxylation is 1. The molecule has 1 aliphatic rings. The van der Waals surface area contributed by atoms with Gasteiger partial charge in [0.15, 0.2) is 0 Å². The topological polar surface area (TPSA) is 42.0 Å². The third kappa shape index (κ3) is 4.10. The number of urea groups is 1. The Hall–Kier alpha value is -4.25. The van der Waals surface area contributed by atoms with Crippen LogP contribution in [0.1, 0.15) is 28.8 Å². The predicted octanol–water partition coefficient (Wildman–Crippen LogP) is 6.94. The number of rotatable bonds is 6. The van der Waals surface area contributed by atoms with E-state index in [9.17, 15) is 4.79 Å². The molecular formula is C30H28N2O3. The molecule has 0 aliphatic carbocycles. The van der Waals surface area contributed by atoms with Crippen molar-refractivity contribution in [1.29, 1.82) is 0 Å². The average molecular weight is 465 g/mol. The van der Waals surface area contributed by atoms with Gasteiger partial charge in [-0.05, 0) is 72.1 Å². The highest BCUT2D eigenvalue weighted by atomic mass is 16.5. The van der Waals surface area contributed by atoms with Crippen LogP contribution in [0.3, 0.4) is 0 Å². The van der Waals surface area contributed by atoms with Gasteiger partial charge >= 0.3 is 6.03 Å². The lowest BCUT2D eigenvalue weighted by atomic mass is 9.90. The largest absolute Gasteiger partial charge is 0.497 e. The van der Waals surface area contributed by atoms with Gasteiger partial charge in [-0.3, -0.25) is 9.80 Å². The minimum atomic E-state index is -0.236. The molecule has 5 heteroatoms. The van der Waals surface area contributed by atoms with E-state index in [0.717, 1.165) is 39.6 Å². The highest BCUT2D eigenvalue weighted by molar-refractivity contribution is 6.08.